The molecule has 2 aliphatic rings. The summed E-state index contributed by atoms with van der Waals surface area (Å²) in [7, 11) is 0. The highest BCUT2D eigenvalue weighted by Crippen LogP contribution is 2.31. The van der Waals surface area contributed by atoms with Crippen LogP contribution in [0, 0.1) is 5.92 Å². The second-order valence-corrected chi connectivity index (χ2v) is 13.1. The number of aliphatic carboxylic acids is 1. The molecule has 1 saturated heterocycles. The largest absolute Gasteiger partial charge is 0.480 e. The Bertz CT molecular complexity index is 1250. The first-order chi connectivity index (χ1) is 22.9. The molecule has 1 saturated carbocycles. The fourth-order valence-corrected chi connectivity index (χ4v) is 6.05. The van der Waals surface area contributed by atoms with Gasteiger partial charge in [-0.05, 0) is 76.2 Å². The zero-order valence-electron chi connectivity index (χ0n) is 28.3. The van der Waals surface area contributed by atoms with Crippen LogP contribution < -0.4 is 21.3 Å². The van der Waals surface area contributed by atoms with Crippen molar-refractivity contribution in [2.45, 2.75) is 115 Å². The van der Waals surface area contributed by atoms with Crippen molar-refractivity contribution < 1.29 is 43.3 Å². The number of carboxylic acid groups (broad SMARTS) is 1. The van der Waals surface area contributed by atoms with Crippen LogP contribution in [-0.2, 0) is 35.3 Å². The number of hydrogen-bond acceptors (Lipinski definition) is 8. The highest BCUT2D eigenvalue weighted by atomic mass is 16.6. The summed E-state index contributed by atoms with van der Waals surface area (Å²) in [4.78, 5) is 77.4. The minimum absolute atomic E-state index is 0.00775. The van der Waals surface area contributed by atoms with Gasteiger partial charge in [0.2, 0.25) is 17.7 Å². The number of hydrogen-bond donors (Lipinski definition) is 5. The number of nitrogens with one attached hydrogen (secondary N) is 4. The third-order valence-electron chi connectivity index (χ3n) is 8.74. The number of carbonyl (C=O) groups excluding carboxylic acids is 5. The Morgan fingerprint density at radius 2 is 1.65 bits per heavy atom. The summed E-state index contributed by atoms with van der Waals surface area (Å²) in [6.07, 6.45) is 5.72. The van der Waals surface area contributed by atoms with Crippen LogP contribution in [0.2, 0.25) is 0 Å². The van der Waals surface area contributed by atoms with Crippen LogP contribution in [0.1, 0.15) is 90.5 Å². The van der Waals surface area contributed by atoms with Crippen LogP contribution in [0.15, 0.2) is 30.3 Å². The summed E-state index contributed by atoms with van der Waals surface area (Å²) >= 11 is 0. The van der Waals surface area contributed by atoms with Gasteiger partial charge in [0, 0.05) is 13.1 Å². The SMILES string of the molecule is CC(C)[C@H](NC(=O)[C@@H]1CCCN1C(=O)[C@H](CCCCNC(=O)OC1(C)CCCCC1)NC(=O)OCc1ccccc1)C(=O)NCC(=O)O. The predicted octanol–water partition coefficient (Wildman–Crippen LogP) is 3.23. The lowest BCUT2D eigenvalue weighted by Crippen LogP contribution is -2.57. The molecule has 0 bridgehead atoms. The lowest BCUT2D eigenvalue weighted by molar-refractivity contribution is -0.141. The van der Waals surface area contributed by atoms with E-state index in [1.54, 1.807) is 13.8 Å². The molecule has 14 heteroatoms. The molecule has 1 aromatic carbocycles. The third-order valence-corrected chi connectivity index (χ3v) is 8.74. The van der Waals surface area contributed by atoms with E-state index in [0.717, 1.165) is 37.7 Å². The molecule has 266 valence electrons. The molecule has 0 radical (unpaired) electrons. The number of ether oxygens (including phenoxy) is 2. The van der Waals surface area contributed by atoms with Gasteiger partial charge in [-0.25, -0.2) is 9.59 Å². The van der Waals surface area contributed by atoms with Gasteiger partial charge in [-0.2, -0.15) is 0 Å². The second kappa shape index (κ2) is 18.8. The fourth-order valence-electron chi connectivity index (χ4n) is 6.05. The third kappa shape index (κ3) is 12.3. The standard InChI is InChI=1S/C34H51N5O9/c1-23(2)28(30(43)36-21-27(40)41)38-29(42)26-16-12-20-39(26)31(44)25(37-33(46)47-22-24-13-6-4-7-14-24)15-8-11-19-35-32(45)48-34(3)17-9-5-10-18-34/h4,6-7,13-14,23,25-26,28H,5,8-12,15-22H2,1-3H3,(H,35,45)(H,36,43)(H,37,46)(H,38,42)(H,40,41)/t25-,26-,28-/m0/s1. The maximum atomic E-state index is 13.9. The molecule has 3 rings (SSSR count). The molecule has 2 fully saturated rings. The first-order valence-corrected chi connectivity index (χ1v) is 16.9. The molecule has 0 unspecified atom stereocenters. The van der Waals surface area contributed by atoms with Crippen LogP contribution in [-0.4, -0.2) is 89.2 Å². The minimum Gasteiger partial charge on any atom is -0.480 e. The van der Waals surface area contributed by atoms with Crippen molar-refractivity contribution in [1.82, 2.24) is 26.2 Å². The van der Waals surface area contributed by atoms with Crippen LogP contribution >= 0.6 is 0 Å². The predicted molar refractivity (Wildman–Crippen MR) is 176 cm³/mol. The van der Waals surface area contributed by atoms with Crippen LogP contribution in [0.4, 0.5) is 9.59 Å². The normalized spacial score (nSPS) is 18.2. The number of likely N-dealkylation sites (tertiary alicyclic amines) is 1. The van der Waals surface area contributed by atoms with E-state index in [4.69, 9.17) is 14.6 Å². The lowest BCUT2D eigenvalue weighted by atomic mass is 9.86. The van der Waals surface area contributed by atoms with Gasteiger partial charge >= 0.3 is 18.2 Å². The summed E-state index contributed by atoms with van der Waals surface area (Å²) in [5, 5.41) is 19.3. The molecule has 5 N–H and O–H groups in total. The number of unbranched alkanes of at least 4 members (excludes halogenated alkanes) is 1. The first kappa shape index (κ1) is 38.1. The van der Waals surface area contributed by atoms with Crippen molar-refractivity contribution >= 4 is 35.9 Å². The van der Waals surface area contributed by atoms with Gasteiger partial charge in [0.25, 0.3) is 0 Å². The van der Waals surface area contributed by atoms with E-state index in [-0.39, 0.29) is 25.5 Å². The topological polar surface area (TPSA) is 192 Å². The van der Waals surface area contributed by atoms with E-state index in [0.29, 0.717) is 32.2 Å². The summed E-state index contributed by atoms with van der Waals surface area (Å²) in [6, 6.07) is 6.21. The van der Waals surface area contributed by atoms with E-state index in [1.165, 1.54) is 4.90 Å². The number of rotatable bonds is 16. The summed E-state index contributed by atoms with van der Waals surface area (Å²) in [5.74, 6) is -3.19. The Hall–Kier alpha value is -4.36. The van der Waals surface area contributed by atoms with Crippen LogP contribution in [0.25, 0.3) is 0 Å². The molecule has 1 aliphatic carbocycles. The van der Waals surface area contributed by atoms with Gasteiger partial charge in [0.15, 0.2) is 0 Å². The molecule has 1 heterocycles. The van der Waals surface area contributed by atoms with Crippen molar-refractivity contribution in [2.75, 3.05) is 19.6 Å². The van der Waals surface area contributed by atoms with Crippen molar-refractivity contribution in [3.05, 3.63) is 35.9 Å². The van der Waals surface area contributed by atoms with Crippen molar-refractivity contribution in [2.24, 2.45) is 5.92 Å². The van der Waals surface area contributed by atoms with Crippen LogP contribution in [0.3, 0.4) is 0 Å². The molecule has 0 aromatic heterocycles. The highest BCUT2D eigenvalue weighted by molar-refractivity contribution is 5.94. The minimum atomic E-state index is -1.21. The highest BCUT2D eigenvalue weighted by Gasteiger charge is 2.39. The average molecular weight is 674 g/mol. The zero-order chi connectivity index (χ0) is 35.1. The molecule has 14 nitrogen and oxygen atoms in total. The molecule has 48 heavy (non-hydrogen) atoms. The number of carbonyl (C=O) groups is 6. The number of amides is 5. The number of carboxylic acids is 1. The lowest BCUT2D eigenvalue weighted by Gasteiger charge is -2.33. The van der Waals surface area contributed by atoms with E-state index < -0.39 is 66.1 Å². The van der Waals surface area contributed by atoms with E-state index in [9.17, 15) is 28.8 Å². The monoisotopic (exact) mass is 673 g/mol. The summed E-state index contributed by atoms with van der Waals surface area (Å²) < 4.78 is 11.0. The molecular formula is C34H51N5O9. The molecule has 3 atom stereocenters. The number of nitrogens with zero attached hydrogens (tertiary/aromatic N) is 1. The van der Waals surface area contributed by atoms with Crippen molar-refractivity contribution in [3.63, 3.8) is 0 Å². The Morgan fingerprint density at radius 1 is 0.938 bits per heavy atom. The number of benzene rings is 1. The van der Waals surface area contributed by atoms with Crippen molar-refractivity contribution in [3.8, 4) is 0 Å². The van der Waals surface area contributed by atoms with E-state index >= 15 is 0 Å². The molecule has 5 amide bonds. The molecule has 1 aromatic rings. The van der Waals surface area contributed by atoms with E-state index in [1.807, 2.05) is 37.3 Å². The summed E-state index contributed by atoms with van der Waals surface area (Å²) in [5.41, 5.74) is 0.318. The van der Waals surface area contributed by atoms with E-state index in [2.05, 4.69) is 21.3 Å². The second-order valence-electron chi connectivity index (χ2n) is 13.1. The average Bonchev–Trinajstić information content (AvgIpc) is 3.55. The maximum absolute atomic E-state index is 13.9. The molecule has 1 aliphatic heterocycles. The van der Waals surface area contributed by atoms with Gasteiger partial charge in [-0.15, -0.1) is 0 Å². The van der Waals surface area contributed by atoms with Gasteiger partial charge in [-0.1, -0.05) is 50.6 Å². The number of alkyl carbamates (subject to hydrolysis) is 2. The van der Waals surface area contributed by atoms with Crippen LogP contribution in [0.5, 0.6) is 0 Å². The Kier molecular flexibility index (Phi) is 15.0. The Balaban J connectivity index is 1.61. The van der Waals surface area contributed by atoms with Crippen molar-refractivity contribution in [1.29, 1.82) is 0 Å². The quantitative estimate of drug-likeness (QED) is 0.164. The van der Waals surface area contributed by atoms with Gasteiger partial charge in [-0.3, -0.25) is 19.2 Å². The maximum Gasteiger partial charge on any atom is 0.408 e. The fraction of sp³-hybridized carbons (Fsp3) is 0.647. The van der Waals surface area contributed by atoms with Gasteiger partial charge in [0.05, 0.1) is 0 Å². The first-order valence-electron chi connectivity index (χ1n) is 16.9. The zero-order valence-corrected chi connectivity index (χ0v) is 28.3. The Morgan fingerprint density at radius 3 is 2.31 bits per heavy atom. The molecular weight excluding hydrogens is 622 g/mol. The smallest absolute Gasteiger partial charge is 0.408 e. The summed E-state index contributed by atoms with van der Waals surface area (Å²) in [6.45, 7) is 5.40. The molecule has 0 spiro atoms. The van der Waals surface area contributed by atoms with Gasteiger partial charge in [0.1, 0.15) is 36.9 Å². The van der Waals surface area contributed by atoms with Gasteiger partial charge < -0.3 is 40.7 Å². The Labute approximate surface area is 282 Å².